The maximum atomic E-state index is 13.3. The summed E-state index contributed by atoms with van der Waals surface area (Å²) in [7, 11) is 1.45. The zero-order valence-corrected chi connectivity index (χ0v) is 14.3. The van der Waals surface area contributed by atoms with Crippen LogP contribution in [-0.4, -0.2) is 77.2 Å². The topological polar surface area (TPSA) is 65.9 Å². The summed E-state index contributed by atoms with van der Waals surface area (Å²) >= 11 is 0. The highest BCUT2D eigenvalue weighted by molar-refractivity contribution is 5.96. The molecule has 8 heteroatoms. The number of aliphatic hydroxyl groups is 1. The number of aromatic nitrogens is 1. The predicted octanol–water partition coefficient (Wildman–Crippen LogP) is 1.40. The van der Waals surface area contributed by atoms with Crippen LogP contribution in [0, 0.1) is 0 Å². The zero-order chi connectivity index (χ0) is 18.1. The monoisotopic (exact) mass is 355 g/mol. The third-order valence-electron chi connectivity index (χ3n) is 4.92. The van der Waals surface area contributed by atoms with Crippen LogP contribution in [0.4, 0.5) is 8.78 Å². The molecular formula is C17H23F2N3O3. The minimum absolute atomic E-state index is 0.177. The standard InChI is InChI=1S/C17H23F2N3O3/c1-25-14-13(3-2-7-20-14)15(23)22-10-4-16(24,12-22)11-21-8-5-17(18,19)6-9-21/h2-3,7,24H,4-6,8-12H2,1H3. The third-order valence-corrected chi connectivity index (χ3v) is 4.92. The van der Waals surface area contributed by atoms with Crippen molar-refractivity contribution in [1.82, 2.24) is 14.8 Å². The van der Waals surface area contributed by atoms with Gasteiger partial charge in [0.1, 0.15) is 5.56 Å². The molecule has 3 rings (SSSR count). The highest BCUT2D eigenvalue weighted by Gasteiger charge is 2.42. The van der Waals surface area contributed by atoms with E-state index in [1.807, 2.05) is 4.90 Å². The van der Waals surface area contributed by atoms with Crippen molar-refractivity contribution in [3.8, 4) is 5.88 Å². The summed E-state index contributed by atoms with van der Waals surface area (Å²) in [5, 5.41) is 10.8. The van der Waals surface area contributed by atoms with Gasteiger partial charge in [-0.3, -0.25) is 9.69 Å². The molecule has 0 spiro atoms. The van der Waals surface area contributed by atoms with Gasteiger partial charge < -0.3 is 14.7 Å². The Hall–Kier alpha value is -1.80. The number of hydrogen-bond donors (Lipinski definition) is 1. The van der Waals surface area contributed by atoms with Gasteiger partial charge in [-0.15, -0.1) is 0 Å². The Morgan fingerprint density at radius 3 is 2.72 bits per heavy atom. The van der Waals surface area contributed by atoms with Crippen LogP contribution in [0.25, 0.3) is 0 Å². The number of likely N-dealkylation sites (tertiary alicyclic amines) is 2. The molecule has 25 heavy (non-hydrogen) atoms. The predicted molar refractivity (Wildman–Crippen MR) is 86.9 cm³/mol. The number of hydrogen-bond acceptors (Lipinski definition) is 5. The number of carbonyl (C=O) groups is 1. The highest BCUT2D eigenvalue weighted by atomic mass is 19.3. The lowest BCUT2D eigenvalue weighted by molar-refractivity contribution is -0.0720. The Morgan fingerprint density at radius 1 is 1.32 bits per heavy atom. The average molecular weight is 355 g/mol. The SMILES string of the molecule is COc1ncccc1C(=O)N1CCC(O)(CN2CCC(F)(F)CC2)C1. The molecule has 1 atom stereocenters. The number of nitrogens with zero attached hydrogens (tertiary/aromatic N) is 3. The molecule has 1 unspecified atom stereocenters. The fourth-order valence-corrected chi connectivity index (χ4v) is 3.50. The van der Waals surface area contributed by atoms with Gasteiger partial charge in [-0.05, 0) is 18.6 Å². The van der Waals surface area contributed by atoms with E-state index < -0.39 is 11.5 Å². The lowest BCUT2D eigenvalue weighted by Gasteiger charge is -2.36. The third kappa shape index (κ3) is 4.07. The van der Waals surface area contributed by atoms with Crippen molar-refractivity contribution in [2.24, 2.45) is 0 Å². The van der Waals surface area contributed by atoms with E-state index in [1.165, 1.54) is 7.11 Å². The van der Waals surface area contributed by atoms with Crippen LogP contribution in [0.1, 0.15) is 29.6 Å². The molecule has 3 heterocycles. The van der Waals surface area contributed by atoms with Crippen LogP contribution in [-0.2, 0) is 0 Å². The van der Waals surface area contributed by atoms with Crippen molar-refractivity contribution in [2.75, 3.05) is 39.8 Å². The van der Waals surface area contributed by atoms with E-state index in [1.54, 1.807) is 23.2 Å². The first-order chi connectivity index (χ1) is 11.8. The lowest BCUT2D eigenvalue weighted by Crippen LogP contribution is -2.49. The smallest absolute Gasteiger partial charge is 0.259 e. The van der Waals surface area contributed by atoms with E-state index in [4.69, 9.17) is 4.74 Å². The molecule has 1 aromatic heterocycles. The summed E-state index contributed by atoms with van der Waals surface area (Å²) in [5.41, 5.74) is -0.718. The van der Waals surface area contributed by atoms with Crippen molar-refractivity contribution in [3.63, 3.8) is 0 Å². The Labute approximate surface area is 145 Å². The molecule has 2 saturated heterocycles. The molecule has 0 aromatic carbocycles. The first-order valence-electron chi connectivity index (χ1n) is 8.43. The van der Waals surface area contributed by atoms with E-state index in [0.717, 1.165) is 0 Å². The van der Waals surface area contributed by atoms with Crippen molar-refractivity contribution in [1.29, 1.82) is 0 Å². The van der Waals surface area contributed by atoms with Crippen LogP contribution in [0.15, 0.2) is 18.3 Å². The number of piperidine rings is 1. The Morgan fingerprint density at radius 2 is 2.04 bits per heavy atom. The van der Waals surface area contributed by atoms with Crippen molar-refractivity contribution < 1.29 is 23.4 Å². The molecule has 6 nitrogen and oxygen atoms in total. The van der Waals surface area contributed by atoms with Crippen LogP contribution in [0.5, 0.6) is 5.88 Å². The largest absolute Gasteiger partial charge is 0.480 e. The minimum atomic E-state index is -2.60. The summed E-state index contributed by atoms with van der Waals surface area (Å²) in [5.74, 6) is -2.60. The molecule has 138 valence electrons. The van der Waals surface area contributed by atoms with Gasteiger partial charge in [-0.25, -0.2) is 13.8 Å². The van der Waals surface area contributed by atoms with Crippen LogP contribution in [0.2, 0.25) is 0 Å². The number of pyridine rings is 1. The summed E-state index contributed by atoms with van der Waals surface area (Å²) in [6.07, 6.45) is 1.60. The number of halogens is 2. The van der Waals surface area contributed by atoms with Gasteiger partial charge in [0.2, 0.25) is 5.88 Å². The van der Waals surface area contributed by atoms with Crippen molar-refractivity contribution in [3.05, 3.63) is 23.9 Å². The number of alkyl halides is 2. The van der Waals surface area contributed by atoms with E-state index in [-0.39, 0.29) is 44.3 Å². The molecule has 2 fully saturated rings. The molecule has 0 saturated carbocycles. The molecule has 1 aromatic rings. The molecule has 0 radical (unpaired) electrons. The van der Waals surface area contributed by atoms with E-state index in [2.05, 4.69) is 4.98 Å². The van der Waals surface area contributed by atoms with E-state index in [9.17, 15) is 18.7 Å². The average Bonchev–Trinajstić information content (AvgIpc) is 2.98. The number of amides is 1. The van der Waals surface area contributed by atoms with E-state index >= 15 is 0 Å². The Bertz CT molecular complexity index is 633. The molecule has 2 aliphatic heterocycles. The van der Waals surface area contributed by atoms with Gasteiger partial charge >= 0.3 is 0 Å². The fraction of sp³-hybridized carbons (Fsp3) is 0.647. The minimum Gasteiger partial charge on any atom is -0.480 e. The van der Waals surface area contributed by atoms with Gasteiger partial charge in [0.15, 0.2) is 0 Å². The van der Waals surface area contributed by atoms with Crippen LogP contribution >= 0.6 is 0 Å². The maximum absolute atomic E-state index is 13.3. The number of β-amino-alcohol motifs (C(OH)–C–C–N with tert-alkyl or cyclic N) is 1. The normalized spacial score (nSPS) is 26.6. The Balaban J connectivity index is 1.61. The van der Waals surface area contributed by atoms with Gasteiger partial charge in [-0.1, -0.05) is 0 Å². The summed E-state index contributed by atoms with van der Waals surface area (Å²) in [6.45, 7) is 1.42. The zero-order valence-electron chi connectivity index (χ0n) is 14.3. The quantitative estimate of drug-likeness (QED) is 0.884. The van der Waals surface area contributed by atoms with E-state index in [0.29, 0.717) is 25.1 Å². The second-order valence-corrected chi connectivity index (χ2v) is 6.89. The first kappa shape index (κ1) is 18.0. The molecule has 1 N–H and O–H groups in total. The summed E-state index contributed by atoms with van der Waals surface area (Å²) in [4.78, 5) is 20.1. The first-order valence-corrected chi connectivity index (χ1v) is 8.43. The van der Waals surface area contributed by atoms with Crippen LogP contribution in [0.3, 0.4) is 0 Å². The molecule has 2 aliphatic rings. The van der Waals surface area contributed by atoms with Gasteiger partial charge in [0, 0.05) is 45.2 Å². The molecule has 0 bridgehead atoms. The van der Waals surface area contributed by atoms with Crippen LogP contribution < -0.4 is 4.74 Å². The lowest BCUT2D eigenvalue weighted by atomic mass is 10.00. The maximum Gasteiger partial charge on any atom is 0.259 e. The number of rotatable bonds is 4. The highest BCUT2D eigenvalue weighted by Crippen LogP contribution is 2.31. The van der Waals surface area contributed by atoms with Crippen molar-refractivity contribution >= 4 is 5.91 Å². The fourth-order valence-electron chi connectivity index (χ4n) is 3.50. The number of ether oxygens (including phenoxy) is 1. The van der Waals surface area contributed by atoms with Gasteiger partial charge in [0.25, 0.3) is 11.8 Å². The summed E-state index contributed by atoms with van der Waals surface area (Å²) < 4.78 is 31.6. The molecule has 1 amide bonds. The molecular weight excluding hydrogens is 332 g/mol. The van der Waals surface area contributed by atoms with Gasteiger partial charge in [0.05, 0.1) is 19.3 Å². The number of carbonyl (C=O) groups excluding carboxylic acids is 1. The second kappa shape index (κ2) is 6.84. The van der Waals surface area contributed by atoms with Gasteiger partial charge in [-0.2, -0.15) is 0 Å². The molecule has 0 aliphatic carbocycles. The second-order valence-electron chi connectivity index (χ2n) is 6.89. The Kier molecular flexibility index (Phi) is 4.92. The number of methoxy groups -OCH3 is 1. The van der Waals surface area contributed by atoms with Crippen molar-refractivity contribution in [2.45, 2.75) is 30.8 Å². The summed E-state index contributed by atoms with van der Waals surface area (Å²) in [6, 6.07) is 3.30.